The maximum absolute atomic E-state index is 6.08. The fourth-order valence-electron chi connectivity index (χ4n) is 3.97. The van der Waals surface area contributed by atoms with Gasteiger partial charge in [-0.25, -0.2) is 0 Å². The molecule has 94 valence electrons. The molecule has 0 aromatic carbocycles. The van der Waals surface area contributed by atoms with Crippen molar-refractivity contribution >= 4 is 0 Å². The predicted molar refractivity (Wildman–Crippen MR) is 69.0 cm³/mol. The first kappa shape index (κ1) is 12.4. The summed E-state index contributed by atoms with van der Waals surface area (Å²) in [6, 6.07) is 0.926. The summed E-state index contributed by atoms with van der Waals surface area (Å²) in [4.78, 5) is 0. The van der Waals surface area contributed by atoms with E-state index in [1.165, 1.54) is 44.9 Å². The van der Waals surface area contributed by atoms with Crippen LogP contribution in [0.4, 0.5) is 0 Å². The standard InChI is InChI=1S/C14H28N2/c1-10-9-13(16)7-8-14(10,2)11-3-5-12(15)6-4-11/h10-13H,3-9,15-16H2,1-2H3. The summed E-state index contributed by atoms with van der Waals surface area (Å²) in [5.74, 6) is 1.69. The van der Waals surface area contributed by atoms with E-state index in [-0.39, 0.29) is 0 Å². The minimum absolute atomic E-state index is 0.453. The molecular weight excluding hydrogens is 196 g/mol. The van der Waals surface area contributed by atoms with Crippen molar-refractivity contribution in [1.29, 1.82) is 0 Å². The summed E-state index contributed by atoms with van der Waals surface area (Å²) in [6.07, 6.45) is 8.93. The molecule has 0 amide bonds. The molecule has 0 bridgehead atoms. The lowest BCUT2D eigenvalue weighted by Crippen LogP contribution is -2.45. The Kier molecular flexibility index (Phi) is 3.60. The van der Waals surface area contributed by atoms with Crippen molar-refractivity contribution in [2.45, 2.75) is 70.9 Å². The van der Waals surface area contributed by atoms with E-state index in [9.17, 15) is 0 Å². The van der Waals surface area contributed by atoms with Gasteiger partial charge in [-0.1, -0.05) is 13.8 Å². The first-order valence-electron chi connectivity index (χ1n) is 7.03. The van der Waals surface area contributed by atoms with Gasteiger partial charge in [0, 0.05) is 12.1 Å². The van der Waals surface area contributed by atoms with Crippen LogP contribution < -0.4 is 11.5 Å². The fraction of sp³-hybridized carbons (Fsp3) is 1.00. The van der Waals surface area contributed by atoms with Crippen LogP contribution in [0.5, 0.6) is 0 Å². The predicted octanol–water partition coefficient (Wildman–Crippen LogP) is 2.66. The molecule has 2 saturated carbocycles. The summed E-state index contributed by atoms with van der Waals surface area (Å²) < 4.78 is 0. The summed E-state index contributed by atoms with van der Waals surface area (Å²) in [6.45, 7) is 4.92. The van der Waals surface area contributed by atoms with E-state index in [0.717, 1.165) is 11.8 Å². The van der Waals surface area contributed by atoms with Crippen molar-refractivity contribution < 1.29 is 0 Å². The molecule has 2 nitrogen and oxygen atoms in total. The van der Waals surface area contributed by atoms with E-state index in [1.807, 2.05) is 0 Å². The van der Waals surface area contributed by atoms with Crippen LogP contribution in [0.3, 0.4) is 0 Å². The van der Waals surface area contributed by atoms with Gasteiger partial charge in [0.15, 0.2) is 0 Å². The third-order valence-electron chi connectivity index (χ3n) is 5.54. The Hall–Kier alpha value is -0.0800. The van der Waals surface area contributed by atoms with E-state index in [4.69, 9.17) is 11.5 Å². The van der Waals surface area contributed by atoms with Gasteiger partial charge in [0.2, 0.25) is 0 Å². The maximum Gasteiger partial charge on any atom is 0.00417 e. The molecule has 2 fully saturated rings. The van der Waals surface area contributed by atoms with Gasteiger partial charge >= 0.3 is 0 Å². The van der Waals surface area contributed by atoms with Crippen LogP contribution in [0, 0.1) is 17.3 Å². The molecule has 16 heavy (non-hydrogen) atoms. The van der Waals surface area contributed by atoms with Crippen LogP contribution >= 0.6 is 0 Å². The molecular formula is C14H28N2. The molecule has 0 aliphatic heterocycles. The van der Waals surface area contributed by atoms with E-state index < -0.39 is 0 Å². The third-order valence-corrected chi connectivity index (χ3v) is 5.54. The van der Waals surface area contributed by atoms with Crippen molar-refractivity contribution in [2.75, 3.05) is 0 Å². The maximum atomic E-state index is 6.08. The molecule has 2 heteroatoms. The average molecular weight is 224 g/mol. The van der Waals surface area contributed by atoms with Crippen molar-refractivity contribution in [3.8, 4) is 0 Å². The van der Waals surface area contributed by atoms with Gasteiger partial charge in [-0.15, -0.1) is 0 Å². The van der Waals surface area contributed by atoms with Crippen LogP contribution in [-0.4, -0.2) is 12.1 Å². The number of rotatable bonds is 1. The first-order chi connectivity index (χ1) is 7.52. The second kappa shape index (κ2) is 4.66. The van der Waals surface area contributed by atoms with E-state index in [2.05, 4.69) is 13.8 Å². The van der Waals surface area contributed by atoms with Crippen molar-refractivity contribution in [2.24, 2.45) is 28.7 Å². The molecule has 0 spiro atoms. The van der Waals surface area contributed by atoms with Gasteiger partial charge < -0.3 is 11.5 Å². The second-order valence-electron chi connectivity index (χ2n) is 6.55. The van der Waals surface area contributed by atoms with Crippen molar-refractivity contribution in [3.63, 3.8) is 0 Å². The number of hydrogen-bond acceptors (Lipinski definition) is 2. The van der Waals surface area contributed by atoms with Gasteiger partial charge in [0.1, 0.15) is 0 Å². The fourth-order valence-corrected chi connectivity index (χ4v) is 3.97. The lowest BCUT2D eigenvalue weighted by atomic mass is 9.57. The number of hydrogen-bond donors (Lipinski definition) is 2. The molecule has 3 unspecified atom stereocenters. The number of nitrogens with two attached hydrogens (primary N) is 2. The Morgan fingerprint density at radius 2 is 1.56 bits per heavy atom. The molecule has 0 radical (unpaired) electrons. The molecule has 3 atom stereocenters. The molecule has 0 aromatic heterocycles. The summed E-state index contributed by atoms with van der Waals surface area (Å²) in [5, 5.41) is 0. The van der Waals surface area contributed by atoms with Crippen LogP contribution in [-0.2, 0) is 0 Å². The van der Waals surface area contributed by atoms with Gasteiger partial charge in [-0.05, 0) is 62.2 Å². The second-order valence-corrected chi connectivity index (χ2v) is 6.55. The largest absolute Gasteiger partial charge is 0.328 e. The van der Waals surface area contributed by atoms with Crippen LogP contribution in [0.25, 0.3) is 0 Å². The molecule has 0 saturated heterocycles. The zero-order valence-corrected chi connectivity index (χ0v) is 10.9. The smallest absolute Gasteiger partial charge is 0.00417 e. The van der Waals surface area contributed by atoms with Gasteiger partial charge in [-0.2, -0.15) is 0 Å². The van der Waals surface area contributed by atoms with Gasteiger partial charge in [-0.3, -0.25) is 0 Å². The van der Waals surface area contributed by atoms with E-state index in [1.54, 1.807) is 0 Å². The highest BCUT2D eigenvalue weighted by Gasteiger charge is 2.42. The minimum atomic E-state index is 0.453. The normalized spacial score (nSPS) is 50.2. The molecule has 2 aliphatic rings. The van der Waals surface area contributed by atoms with E-state index in [0.29, 0.717) is 17.5 Å². The molecule has 2 aliphatic carbocycles. The van der Waals surface area contributed by atoms with Gasteiger partial charge in [0.05, 0.1) is 0 Å². The molecule has 4 N–H and O–H groups in total. The quantitative estimate of drug-likeness (QED) is 0.719. The molecule has 2 rings (SSSR count). The lowest BCUT2D eigenvalue weighted by Gasteiger charge is -2.49. The van der Waals surface area contributed by atoms with Crippen LogP contribution in [0.15, 0.2) is 0 Å². The third kappa shape index (κ3) is 2.28. The lowest BCUT2D eigenvalue weighted by molar-refractivity contribution is 0.0229. The first-order valence-corrected chi connectivity index (χ1v) is 7.03. The zero-order valence-electron chi connectivity index (χ0n) is 10.9. The molecule has 0 aromatic rings. The Labute approximate surface area is 100 Å². The Balaban J connectivity index is 2.01. The van der Waals surface area contributed by atoms with E-state index >= 15 is 0 Å². The highest BCUT2D eigenvalue weighted by molar-refractivity contribution is 4.95. The van der Waals surface area contributed by atoms with Crippen molar-refractivity contribution in [1.82, 2.24) is 0 Å². The average Bonchev–Trinajstić information content (AvgIpc) is 2.25. The van der Waals surface area contributed by atoms with Crippen molar-refractivity contribution in [3.05, 3.63) is 0 Å². The van der Waals surface area contributed by atoms with Crippen LogP contribution in [0.2, 0.25) is 0 Å². The summed E-state index contributed by atoms with van der Waals surface area (Å²) in [5.41, 5.74) is 12.6. The van der Waals surface area contributed by atoms with Crippen LogP contribution in [0.1, 0.15) is 58.8 Å². The SMILES string of the molecule is CC1CC(N)CCC1(C)C1CCC(N)CC1. The summed E-state index contributed by atoms with van der Waals surface area (Å²) in [7, 11) is 0. The Bertz CT molecular complexity index is 233. The minimum Gasteiger partial charge on any atom is -0.328 e. The van der Waals surface area contributed by atoms with Gasteiger partial charge in [0.25, 0.3) is 0 Å². The highest BCUT2D eigenvalue weighted by Crippen LogP contribution is 2.50. The Morgan fingerprint density at radius 1 is 0.938 bits per heavy atom. The molecule has 0 heterocycles. The summed E-state index contributed by atoms with van der Waals surface area (Å²) >= 11 is 0. The topological polar surface area (TPSA) is 52.0 Å². The monoisotopic (exact) mass is 224 g/mol. The highest BCUT2D eigenvalue weighted by atomic mass is 14.7. The zero-order chi connectivity index (χ0) is 11.8. The Morgan fingerprint density at radius 3 is 2.12 bits per heavy atom.